The van der Waals surface area contributed by atoms with Gasteiger partial charge in [0.2, 0.25) is 5.91 Å². The second-order valence-corrected chi connectivity index (χ2v) is 13.1. The summed E-state index contributed by atoms with van der Waals surface area (Å²) < 4.78 is 69.3. The Bertz CT molecular complexity index is 1190. The SMILES string of the molecule is CCCCOP(=O)(OCCCC)OCN1C(=O)N[C@@](CCC(=O)N2Cc3cc(Cl)c(C(F)(F)F)cc3C2)(C2CC2)C1O. The van der Waals surface area contributed by atoms with Gasteiger partial charge in [0.25, 0.3) is 0 Å². The van der Waals surface area contributed by atoms with Crippen LogP contribution >= 0.6 is 19.4 Å². The maximum absolute atomic E-state index is 13.3. The van der Waals surface area contributed by atoms with Crippen molar-refractivity contribution in [1.29, 1.82) is 0 Å². The Morgan fingerprint density at radius 1 is 1.12 bits per heavy atom. The van der Waals surface area contributed by atoms with E-state index in [0.29, 0.717) is 24.0 Å². The number of halogens is 4. The van der Waals surface area contributed by atoms with Crippen LogP contribution < -0.4 is 5.32 Å². The summed E-state index contributed by atoms with van der Waals surface area (Å²) in [6.07, 6.45) is -1.62. The van der Waals surface area contributed by atoms with Crippen LogP contribution in [0.25, 0.3) is 0 Å². The first-order chi connectivity index (χ1) is 19.8. The van der Waals surface area contributed by atoms with Crippen LogP contribution in [0.5, 0.6) is 0 Å². The normalized spacial score (nSPS) is 22.5. The molecule has 2 atom stereocenters. The van der Waals surface area contributed by atoms with E-state index in [1.165, 1.54) is 11.0 Å². The van der Waals surface area contributed by atoms with Crippen LogP contribution in [0.2, 0.25) is 5.02 Å². The first kappa shape index (κ1) is 33.0. The number of benzene rings is 1. The van der Waals surface area contributed by atoms with Gasteiger partial charge in [0.15, 0.2) is 6.23 Å². The first-order valence-corrected chi connectivity index (χ1v) is 16.1. The number of aliphatic hydroxyl groups excluding tert-OH is 1. The Morgan fingerprint density at radius 3 is 2.26 bits per heavy atom. The molecule has 10 nitrogen and oxygen atoms in total. The summed E-state index contributed by atoms with van der Waals surface area (Å²) in [7, 11) is -4.00. The summed E-state index contributed by atoms with van der Waals surface area (Å²) >= 11 is 5.85. The van der Waals surface area contributed by atoms with Gasteiger partial charge in [-0.2, -0.15) is 13.2 Å². The zero-order valence-electron chi connectivity index (χ0n) is 23.8. The van der Waals surface area contributed by atoms with Crippen molar-refractivity contribution in [3.05, 3.63) is 33.8 Å². The lowest BCUT2D eigenvalue weighted by atomic mass is 9.86. The van der Waals surface area contributed by atoms with E-state index in [4.69, 9.17) is 25.2 Å². The molecule has 0 bridgehead atoms. The number of unbranched alkanes of at least 4 members (excludes halogenated alkanes) is 2. The van der Waals surface area contributed by atoms with Gasteiger partial charge in [-0.3, -0.25) is 23.3 Å². The van der Waals surface area contributed by atoms with Gasteiger partial charge in [-0.1, -0.05) is 38.3 Å². The number of alkyl halides is 3. The second-order valence-electron chi connectivity index (χ2n) is 11.0. The minimum absolute atomic E-state index is 0.00503. The van der Waals surface area contributed by atoms with Crippen molar-refractivity contribution in [2.75, 3.05) is 19.9 Å². The smallest absolute Gasteiger partial charge is 0.371 e. The van der Waals surface area contributed by atoms with E-state index in [0.717, 1.165) is 36.6 Å². The molecule has 1 aromatic rings. The molecule has 3 aliphatic rings. The average Bonchev–Trinajstić information content (AvgIpc) is 3.64. The summed E-state index contributed by atoms with van der Waals surface area (Å²) in [5.74, 6) is -0.420. The van der Waals surface area contributed by atoms with E-state index in [9.17, 15) is 32.4 Å². The van der Waals surface area contributed by atoms with Crippen LogP contribution in [0, 0.1) is 5.92 Å². The minimum Gasteiger partial charge on any atom is -0.371 e. The molecule has 2 aliphatic heterocycles. The highest BCUT2D eigenvalue weighted by Gasteiger charge is 2.58. The predicted molar refractivity (Wildman–Crippen MR) is 147 cm³/mol. The monoisotopic (exact) mass is 639 g/mol. The molecule has 1 saturated heterocycles. The number of nitrogens with zero attached hydrogens (tertiary/aromatic N) is 2. The zero-order chi connectivity index (χ0) is 30.7. The molecule has 4 rings (SSSR count). The molecular formula is C27H38ClF3N3O7P. The van der Waals surface area contributed by atoms with Gasteiger partial charge in [-0.15, -0.1) is 0 Å². The number of rotatable bonds is 15. The number of hydrogen-bond acceptors (Lipinski definition) is 7. The highest BCUT2D eigenvalue weighted by Crippen LogP contribution is 2.51. The molecule has 15 heteroatoms. The van der Waals surface area contributed by atoms with Crippen LogP contribution in [0.3, 0.4) is 0 Å². The quantitative estimate of drug-likeness (QED) is 0.174. The fourth-order valence-corrected chi connectivity index (χ4v) is 6.82. The number of hydrogen-bond donors (Lipinski definition) is 2. The summed E-state index contributed by atoms with van der Waals surface area (Å²) in [4.78, 5) is 28.6. The van der Waals surface area contributed by atoms with Crippen LogP contribution in [-0.4, -0.2) is 58.6 Å². The molecule has 0 radical (unpaired) electrons. The van der Waals surface area contributed by atoms with Crippen molar-refractivity contribution in [2.24, 2.45) is 5.92 Å². The van der Waals surface area contributed by atoms with E-state index in [-0.39, 0.29) is 51.0 Å². The third-order valence-electron chi connectivity index (χ3n) is 7.93. The maximum atomic E-state index is 13.3. The third-order valence-corrected chi connectivity index (χ3v) is 9.68. The number of phosphoric ester groups is 1. The zero-order valence-corrected chi connectivity index (χ0v) is 25.4. The van der Waals surface area contributed by atoms with E-state index in [1.54, 1.807) is 0 Å². The van der Waals surface area contributed by atoms with Gasteiger partial charge < -0.3 is 15.3 Å². The first-order valence-electron chi connectivity index (χ1n) is 14.3. The molecule has 2 N–H and O–H groups in total. The fourth-order valence-electron chi connectivity index (χ4n) is 5.33. The Hall–Kier alpha value is -1.89. The Labute approximate surface area is 248 Å². The van der Waals surface area contributed by atoms with Crippen molar-refractivity contribution < 1.29 is 46.0 Å². The molecule has 0 spiro atoms. The van der Waals surface area contributed by atoms with E-state index >= 15 is 0 Å². The summed E-state index contributed by atoms with van der Waals surface area (Å²) in [5, 5.41) is 13.7. The van der Waals surface area contributed by atoms with Gasteiger partial charge in [-0.25, -0.2) is 9.36 Å². The van der Waals surface area contributed by atoms with Gasteiger partial charge in [0.1, 0.15) is 6.73 Å². The number of urea groups is 1. The molecule has 3 amide bonds. The lowest BCUT2D eigenvalue weighted by Gasteiger charge is -2.34. The Balaban J connectivity index is 1.39. The molecule has 2 fully saturated rings. The summed E-state index contributed by atoms with van der Waals surface area (Å²) in [6.45, 7) is 3.76. The number of carbonyl (C=O) groups excluding carboxylic acids is 2. The van der Waals surface area contributed by atoms with Crippen molar-refractivity contribution in [1.82, 2.24) is 15.1 Å². The molecule has 1 aromatic carbocycles. The maximum Gasteiger partial charge on any atom is 0.476 e. The molecule has 0 aromatic heterocycles. The molecule has 1 saturated carbocycles. The predicted octanol–water partition coefficient (Wildman–Crippen LogP) is 6.19. The van der Waals surface area contributed by atoms with Crippen LogP contribution in [0.1, 0.15) is 81.9 Å². The minimum atomic E-state index is -4.61. The van der Waals surface area contributed by atoms with Crippen LogP contribution in [0.15, 0.2) is 12.1 Å². The number of amides is 3. The van der Waals surface area contributed by atoms with Crippen LogP contribution in [-0.2, 0) is 42.2 Å². The lowest BCUT2D eigenvalue weighted by Crippen LogP contribution is -2.52. The molecule has 236 valence electrons. The van der Waals surface area contributed by atoms with Crippen molar-refractivity contribution >= 4 is 31.4 Å². The highest BCUT2D eigenvalue weighted by atomic mass is 35.5. The van der Waals surface area contributed by atoms with Crippen molar-refractivity contribution in [2.45, 2.75) is 96.2 Å². The number of phosphoric acid groups is 1. The number of aliphatic hydroxyl groups is 1. The number of nitrogens with one attached hydrogen (secondary N) is 1. The van der Waals surface area contributed by atoms with Gasteiger partial charge in [0, 0.05) is 19.5 Å². The van der Waals surface area contributed by atoms with Gasteiger partial charge >= 0.3 is 20.0 Å². The molecule has 2 heterocycles. The van der Waals surface area contributed by atoms with Gasteiger partial charge in [0.05, 0.1) is 29.3 Å². The Kier molecular flexibility index (Phi) is 10.5. The van der Waals surface area contributed by atoms with E-state index < -0.39 is 49.1 Å². The molecule has 1 unspecified atom stereocenters. The summed E-state index contributed by atoms with van der Waals surface area (Å²) in [6, 6.07) is 1.58. The molecule has 42 heavy (non-hydrogen) atoms. The largest absolute Gasteiger partial charge is 0.476 e. The highest BCUT2D eigenvalue weighted by molar-refractivity contribution is 7.48. The second kappa shape index (κ2) is 13.4. The van der Waals surface area contributed by atoms with Crippen molar-refractivity contribution in [3.8, 4) is 0 Å². The van der Waals surface area contributed by atoms with E-state index in [2.05, 4.69) is 5.32 Å². The molecule has 1 aliphatic carbocycles. The average molecular weight is 640 g/mol. The third kappa shape index (κ3) is 7.42. The standard InChI is InChI=1S/C27H38ClF3N3O7P/c1-3-5-11-39-42(38,40-12-6-4-2)41-17-34-24(36)26(20-7-8-20,32-25(34)37)10-9-23(35)33-15-18-13-21(27(29,30)31)22(28)14-19(18)16-33/h13-14,20,24,36H,3-12,15-17H2,1-2H3,(H,32,37)/t24?,26-/m0/s1. The van der Waals surface area contributed by atoms with E-state index in [1.807, 2.05) is 13.8 Å². The van der Waals surface area contributed by atoms with Gasteiger partial charge in [-0.05, 0) is 61.3 Å². The van der Waals surface area contributed by atoms with Crippen LogP contribution in [0.4, 0.5) is 18.0 Å². The Morgan fingerprint density at radius 2 is 1.71 bits per heavy atom. The topological polar surface area (TPSA) is 118 Å². The molecular weight excluding hydrogens is 602 g/mol. The number of fused-ring (bicyclic) bond motifs is 1. The lowest BCUT2D eigenvalue weighted by molar-refractivity contribution is -0.137. The summed E-state index contributed by atoms with van der Waals surface area (Å²) in [5.41, 5.74) is -1.17. The van der Waals surface area contributed by atoms with Crippen molar-refractivity contribution in [3.63, 3.8) is 0 Å². The number of carbonyl (C=O) groups is 2. The fraction of sp³-hybridized carbons (Fsp3) is 0.704.